The Morgan fingerprint density at radius 1 is 1.40 bits per heavy atom. The minimum absolute atomic E-state index is 0.139. The lowest BCUT2D eigenvalue weighted by molar-refractivity contribution is -0.0104. The lowest BCUT2D eigenvalue weighted by atomic mass is 9.96. The molecule has 2 saturated heterocycles. The van der Waals surface area contributed by atoms with Crippen LogP contribution >= 0.6 is 11.8 Å². The van der Waals surface area contributed by atoms with Crippen molar-refractivity contribution >= 4 is 23.4 Å². The number of hydrogen-bond donors (Lipinski definition) is 2. The second-order valence-electron chi connectivity index (χ2n) is 7.23. The third kappa shape index (κ3) is 4.68. The van der Waals surface area contributed by atoms with Crippen LogP contribution in [0.1, 0.15) is 31.7 Å². The topological polar surface area (TPSA) is 62.9 Å². The van der Waals surface area contributed by atoms with Crippen LogP contribution in [0.15, 0.2) is 29.3 Å². The fourth-order valence-electron chi connectivity index (χ4n) is 3.50. The minimum Gasteiger partial charge on any atom is -0.379 e. The molecular formula is C19H30N4OS. The van der Waals surface area contributed by atoms with Crippen molar-refractivity contribution in [2.75, 3.05) is 49.7 Å². The summed E-state index contributed by atoms with van der Waals surface area (Å²) >= 11 is 2.02. The second kappa shape index (κ2) is 8.43. The molecule has 1 atom stereocenters. The SMILES string of the molecule is CC(C)c1cccc(NC(N)=NCC2(N3CCOCC3)CCSC2)c1. The molecule has 25 heavy (non-hydrogen) atoms. The van der Waals surface area contributed by atoms with E-state index in [9.17, 15) is 0 Å². The van der Waals surface area contributed by atoms with Crippen molar-refractivity contribution in [1.82, 2.24) is 4.90 Å². The molecule has 0 aromatic heterocycles. The molecule has 2 heterocycles. The summed E-state index contributed by atoms with van der Waals surface area (Å²) in [6, 6.07) is 8.40. The summed E-state index contributed by atoms with van der Waals surface area (Å²) in [7, 11) is 0. The normalized spacial score (nSPS) is 25.5. The minimum atomic E-state index is 0.139. The van der Waals surface area contributed by atoms with Crippen molar-refractivity contribution in [2.45, 2.75) is 31.7 Å². The van der Waals surface area contributed by atoms with Crippen molar-refractivity contribution in [2.24, 2.45) is 10.7 Å². The van der Waals surface area contributed by atoms with Crippen LogP contribution in [0.4, 0.5) is 5.69 Å². The van der Waals surface area contributed by atoms with Gasteiger partial charge in [-0.3, -0.25) is 9.89 Å². The summed E-state index contributed by atoms with van der Waals surface area (Å²) in [4.78, 5) is 7.27. The first-order valence-corrected chi connectivity index (χ1v) is 10.3. The predicted molar refractivity (Wildman–Crippen MR) is 108 cm³/mol. The molecule has 138 valence electrons. The summed E-state index contributed by atoms with van der Waals surface area (Å²) in [6.07, 6.45) is 1.18. The lowest BCUT2D eigenvalue weighted by Crippen LogP contribution is -2.56. The number of morpholine rings is 1. The summed E-state index contributed by atoms with van der Waals surface area (Å²) in [6.45, 7) is 8.79. The molecule has 2 fully saturated rings. The molecule has 2 aliphatic heterocycles. The third-order valence-electron chi connectivity index (χ3n) is 5.13. The van der Waals surface area contributed by atoms with Gasteiger partial charge in [-0.25, -0.2) is 0 Å². The van der Waals surface area contributed by atoms with E-state index in [1.165, 1.54) is 17.7 Å². The molecule has 1 aromatic carbocycles. The average molecular weight is 363 g/mol. The monoisotopic (exact) mass is 362 g/mol. The Morgan fingerprint density at radius 2 is 2.20 bits per heavy atom. The molecule has 3 rings (SSSR count). The van der Waals surface area contributed by atoms with Crippen LogP contribution < -0.4 is 11.1 Å². The number of hydrogen-bond acceptors (Lipinski definition) is 4. The first kappa shape index (κ1) is 18.5. The van der Waals surface area contributed by atoms with Crippen molar-refractivity contribution in [1.29, 1.82) is 0 Å². The molecule has 6 heteroatoms. The maximum absolute atomic E-state index is 6.19. The highest BCUT2D eigenvalue weighted by molar-refractivity contribution is 7.99. The number of thioether (sulfide) groups is 1. The number of nitrogens with one attached hydrogen (secondary N) is 1. The van der Waals surface area contributed by atoms with Crippen LogP contribution in [0.5, 0.6) is 0 Å². The number of ether oxygens (including phenoxy) is 1. The van der Waals surface area contributed by atoms with Gasteiger partial charge in [0.15, 0.2) is 5.96 Å². The van der Waals surface area contributed by atoms with Gasteiger partial charge in [-0.15, -0.1) is 0 Å². The van der Waals surface area contributed by atoms with E-state index in [1.54, 1.807) is 0 Å². The highest BCUT2D eigenvalue weighted by Crippen LogP contribution is 2.34. The smallest absolute Gasteiger partial charge is 0.193 e. The third-order valence-corrected chi connectivity index (χ3v) is 6.37. The van der Waals surface area contributed by atoms with Crippen LogP contribution in [0.2, 0.25) is 0 Å². The Kier molecular flexibility index (Phi) is 6.25. The van der Waals surface area contributed by atoms with Gasteiger partial charge in [-0.1, -0.05) is 26.0 Å². The molecule has 0 amide bonds. The van der Waals surface area contributed by atoms with Gasteiger partial charge in [-0.05, 0) is 35.8 Å². The van der Waals surface area contributed by atoms with E-state index in [-0.39, 0.29) is 5.54 Å². The molecule has 0 bridgehead atoms. The molecular weight excluding hydrogens is 332 g/mol. The van der Waals surface area contributed by atoms with E-state index in [0.717, 1.165) is 44.3 Å². The van der Waals surface area contributed by atoms with Crippen molar-refractivity contribution in [3.05, 3.63) is 29.8 Å². The van der Waals surface area contributed by atoms with E-state index >= 15 is 0 Å². The van der Waals surface area contributed by atoms with Crippen LogP contribution in [-0.2, 0) is 4.74 Å². The molecule has 0 radical (unpaired) electrons. The summed E-state index contributed by atoms with van der Waals surface area (Å²) in [5, 5.41) is 3.26. The molecule has 1 unspecified atom stereocenters. The van der Waals surface area contributed by atoms with Gasteiger partial charge in [0.1, 0.15) is 0 Å². The van der Waals surface area contributed by atoms with Gasteiger partial charge >= 0.3 is 0 Å². The van der Waals surface area contributed by atoms with E-state index < -0.39 is 0 Å². The lowest BCUT2D eigenvalue weighted by Gasteiger charge is -2.42. The maximum Gasteiger partial charge on any atom is 0.193 e. The largest absolute Gasteiger partial charge is 0.379 e. The number of nitrogens with two attached hydrogens (primary N) is 1. The number of benzene rings is 1. The van der Waals surface area contributed by atoms with Gasteiger partial charge in [0.25, 0.3) is 0 Å². The maximum atomic E-state index is 6.19. The Bertz CT molecular complexity index is 593. The number of aliphatic imine (C=N–C) groups is 1. The first-order chi connectivity index (χ1) is 12.1. The zero-order valence-electron chi connectivity index (χ0n) is 15.3. The van der Waals surface area contributed by atoms with Gasteiger partial charge in [0.05, 0.1) is 25.3 Å². The van der Waals surface area contributed by atoms with Crippen LogP contribution in [0, 0.1) is 0 Å². The van der Waals surface area contributed by atoms with Crippen LogP contribution in [0.3, 0.4) is 0 Å². The van der Waals surface area contributed by atoms with Gasteiger partial charge in [-0.2, -0.15) is 11.8 Å². The molecule has 3 N–H and O–H groups in total. The van der Waals surface area contributed by atoms with Gasteiger partial charge < -0.3 is 15.8 Å². The van der Waals surface area contributed by atoms with Crippen molar-refractivity contribution < 1.29 is 4.74 Å². The number of nitrogens with zero attached hydrogens (tertiary/aromatic N) is 2. The Hall–Kier alpha value is -1.24. The number of rotatable bonds is 5. The van der Waals surface area contributed by atoms with E-state index in [2.05, 4.69) is 42.3 Å². The second-order valence-corrected chi connectivity index (χ2v) is 8.34. The molecule has 0 aliphatic carbocycles. The van der Waals surface area contributed by atoms with Gasteiger partial charge in [0.2, 0.25) is 0 Å². The quantitative estimate of drug-likeness (QED) is 0.623. The Balaban J connectivity index is 1.65. The van der Waals surface area contributed by atoms with Crippen LogP contribution in [-0.4, -0.2) is 60.8 Å². The van der Waals surface area contributed by atoms with Gasteiger partial charge in [0, 0.05) is 24.5 Å². The highest BCUT2D eigenvalue weighted by atomic mass is 32.2. The number of guanidine groups is 1. The molecule has 2 aliphatic rings. The molecule has 5 nitrogen and oxygen atoms in total. The summed E-state index contributed by atoms with van der Waals surface area (Å²) in [5.74, 6) is 3.34. The predicted octanol–water partition coefficient (Wildman–Crippen LogP) is 2.74. The Labute approximate surface area is 155 Å². The molecule has 0 spiro atoms. The van der Waals surface area contributed by atoms with Crippen LogP contribution in [0.25, 0.3) is 0 Å². The zero-order chi connectivity index (χ0) is 17.7. The van der Waals surface area contributed by atoms with E-state index in [4.69, 9.17) is 15.5 Å². The molecule has 0 saturated carbocycles. The fraction of sp³-hybridized carbons (Fsp3) is 0.632. The van der Waals surface area contributed by atoms with Crippen molar-refractivity contribution in [3.63, 3.8) is 0 Å². The van der Waals surface area contributed by atoms with Crippen molar-refractivity contribution in [3.8, 4) is 0 Å². The number of anilines is 1. The Morgan fingerprint density at radius 3 is 2.88 bits per heavy atom. The standard InChI is InChI=1S/C19H30N4OS/c1-15(2)16-4-3-5-17(12-16)22-18(20)21-13-19(6-11-25-14-19)23-7-9-24-10-8-23/h3-5,12,15H,6-11,13-14H2,1-2H3,(H3,20,21,22). The average Bonchev–Trinajstić information content (AvgIpc) is 3.11. The highest BCUT2D eigenvalue weighted by Gasteiger charge is 2.40. The summed E-state index contributed by atoms with van der Waals surface area (Å²) < 4.78 is 5.52. The van der Waals surface area contributed by atoms with E-state index in [1.807, 2.05) is 17.8 Å². The first-order valence-electron chi connectivity index (χ1n) is 9.16. The zero-order valence-corrected chi connectivity index (χ0v) is 16.1. The summed E-state index contributed by atoms with van der Waals surface area (Å²) in [5.41, 5.74) is 8.64. The van der Waals surface area contributed by atoms with E-state index in [0.29, 0.717) is 11.9 Å². The molecule has 1 aromatic rings. The fourth-order valence-corrected chi connectivity index (χ4v) is 4.97.